The van der Waals surface area contributed by atoms with Gasteiger partial charge in [-0.1, -0.05) is 24.3 Å². The Balaban J connectivity index is 1.54. The number of carbonyl (C=O) groups excluding carboxylic acids is 2. The zero-order chi connectivity index (χ0) is 20.4. The van der Waals surface area contributed by atoms with Gasteiger partial charge in [0.2, 0.25) is 15.8 Å². The van der Waals surface area contributed by atoms with Gasteiger partial charge in [0.25, 0.3) is 5.91 Å². The lowest BCUT2D eigenvalue weighted by Crippen LogP contribution is -2.25. The minimum Gasteiger partial charge on any atom is -0.322 e. The molecule has 0 unspecified atom stereocenters. The highest BCUT2D eigenvalue weighted by molar-refractivity contribution is 7.93. The first-order valence-corrected chi connectivity index (χ1v) is 11.5. The molecule has 4 rings (SSSR count). The number of thiophene rings is 1. The van der Waals surface area contributed by atoms with Crippen LogP contribution in [-0.4, -0.2) is 32.4 Å². The SMILES string of the molecule is O=C(Nc1ccc(N2CCCS2(=O)=O)cc1)c1ccccc1C(=O)c1cccs1. The van der Waals surface area contributed by atoms with Gasteiger partial charge in [-0.3, -0.25) is 13.9 Å². The quantitative estimate of drug-likeness (QED) is 0.630. The molecule has 6 nitrogen and oxygen atoms in total. The van der Waals surface area contributed by atoms with Crippen LogP contribution in [0.1, 0.15) is 32.0 Å². The van der Waals surface area contributed by atoms with Gasteiger partial charge in [0.15, 0.2) is 0 Å². The second-order valence-corrected chi connectivity index (χ2v) is 9.56. The molecule has 1 N–H and O–H groups in total. The maximum atomic E-state index is 12.8. The lowest BCUT2D eigenvalue weighted by molar-refractivity contribution is 0.0998. The molecule has 0 bridgehead atoms. The lowest BCUT2D eigenvalue weighted by Gasteiger charge is -2.17. The average Bonchev–Trinajstić information content (AvgIpc) is 3.37. The molecule has 1 saturated heterocycles. The van der Waals surface area contributed by atoms with E-state index < -0.39 is 15.9 Å². The van der Waals surface area contributed by atoms with Crippen molar-refractivity contribution in [1.29, 1.82) is 0 Å². The van der Waals surface area contributed by atoms with Crippen molar-refractivity contribution in [2.24, 2.45) is 0 Å². The van der Waals surface area contributed by atoms with E-state index in [1.54, 1.807) is 60.7 Å². The second-order valence-electron chi connectivity index (χ2n) is 6.59. The largest absolute Gasteiger partial charge is 0.322 e. The first kappa shape index (κ1) is 19.4. The summed E-state index contributed by atoms with van der Waals surface area (Å²) in [6.45, 7) is 0.465. The van der Waals surface area contributed by atoms with Gasteiger partial charge < -0.3 is 5.32 Å². The van der Waals surface area contributed by atoms with Crippen LogP contribution in [0, 0.1) is 0 Å². The van der Waals surface area contributed by atoms with Crippen LogP contribution in [-0.2, 0) is 10.0 Å². The molecule has 148 valence electrons. The third-order valence-electron chi connectivity index (χ3n) is 4.67. The maximum absolute atomic E-state index is 12.8. The first-order valence-electron chi connectivity index (χ1n) is 9.05. The Morgan fingerprint density at radius 3 is 2.28 bits per heavy atom. The van der Waals surface area contributed by atoms with Crippen LogP contribution in [0.15, 0.2) is 66.0 Å². The van der Waals surface area contributed by atoms with Gasteiger partial charge in [0, 0.05) is 17.8 Å². The Hall–Kier alpha value is -2.97. The molecule has 3 aromatic rings. The number of carbonyl (C=O) groups is 2. The second kappa shape index (κ2) is 7.81. The lowest BCUT2D eigenvalue weighted by atomic mass is 10.0. The number of amides is 1. The van der Waals surface area contributed by atoms with Gasteiger partial charge in [-0.05, 0) is 48.2 Å². The summed E-state index contributed by atoms with van der Waals surface area (Å²) >= 11 is 1.33. The molecule has 2 aromatic carbocycles. The average molecular weight is 427 g/mol. The number of sulfonamides is 1. The van der Waals surface area contributed by atoms with Gasteiger partial charge in [-0.25, -0.2) is 8.42 Å². The van der Waals surface area contributed by atoms with Crippen LogP contribution in [0.5, 0.6) is 0 Å². The highest BCUT2D eigenvalue weighted by Gasteiger charge is 2.28. The van der Waals surface area contributed by atoms with Crippen LogP contribution in [0.2, 0.25) is 0 Å². The first-order chi connectivity index (χ1) is 14.0. The fourth-order valence-electron chi connectivity index (χ4n) is 3.26. The Labute approximate surface area is 172 Å². The molecule has 1 aliphatic rings. The van der Waals surface area contributed by atoms with Crippen LogP contribution in [0.25, 0.3) is 0 Å². The van der Waals surface area contributed by atoms with E-state index in [4.69, 9.17) is 0 Å². The molecule has 1 amide bonds. The summed E-state index contributed by atoms with van der Waals surface area (Å²) < 4.78 is 25.5. The molecule has 1 aromatic heterocycles. The van der Waals surface area contributed by atoms with E-state index in [1.807, 2.05) is 5.38 Å². The summed E-state index contributed by atoms with van der Waals surface area (Å²) in [6.07, 6.45) is 0.607. The van der Waals surface area contributed by atoms with Crippen molar-refractivity contribution >= 4 is 44.4 Å². The Bertz CT molecular complexity index is 1150. The van der Waals surface area contributed by atoms with E-state index in [1.165, 1.54) is 15.6 Å². The number of nitrogens with one attached hydrogen (secondary N) is 1. The third kappa shape index (κ3) is 3.94. The number of hydrogen-bond donors (Lipinski definition) is 1. The molecule has 8 heteroatoms. The highest BCUT2D eigenvalue weighted by Crippen LogP contribution is 2.26. The summed E-state index contributed by atoms with van der Waals surface area (Å²) in [4.78, 5) is 26.1. The van der Waals surface area contributed by atoms with Gasteiger partial charge in [0.1, 0.15) is 0 Å². The standard InChI is InChI=1S/C21H18N2O4S2/c24-20(19-7-3-13-28-19)17-5-1-2-6-18(17)21(25)22-15-8-10-16(11-9-15)23-12-4-14-29(23,26)27/h1-3,5-11,13H,4,12,14H2,(H,22,25). The molecule has 0 saturated carbocycles. The Morgan fingerprint density at radius 1 is 0.931 bits per heavy atom. The third-order valence-corrected chi connectivity index (χ3v) is 7.41. The minimum absolute atomic E-state index is 0.153. The van der Waals surface area contributed by atoms with Crippen molar-refractivity contribution in [3.05, 3.63) is 82.0 Å². The summed E-state index contributed by atoms with van der Waals surface area (Å²) in [6, 6.07) is 16.9. The zero-order valence-electron chi connectivity index (χ0n) is 15.4. The van der Waals surface area contributed by atoms with Crippen molar-refractivity contribution in [3.63, 3.8) is 0 Å². The maximum Gasteiger partial charge on any atom is 0.256 e. The van der Waals surface area contributed by atoms with Crippen molar-refractivity contribution in [2.75, 3.05) is 21.9 Å². The summed E-state index contributed by atoms with van der Waals surface area (Å²) in [5, 5.41) is 4.60. The minimum atomic E-state index is -3.25. The van der Waals surface area contributed by atoms with Crippen LogP contribution in [0.4, 0.5) is 11.4 Å². The Morgan fingerprint density at radius 2 is 1.66 bits per heavy atom. The number of rotatable bonds is 5. The van der Waals surface area contributed by atoms with Crippen LogP contribution >= 0.6 is 11.3 Å². The fraction of sp³-hybridized carbons (Fsp3) is 0.143. The molecule has 2 heterocycles. The summed E-state index contributed by atoms with van der Waals surface area (Å²) in [5.74, 6) is -0.437. The van der Waals surface area contributed by atoms with E-state index in [-0.39, 0.29) is 17.1 Å². The van der Waals surface area contributed by atoms with Gasteiger partial charge in [0.05, 0.1) is 21.9 Å². The van der Waals surface area contributed by atoms with Crippen molar-refractivity contribution in [1.82, 2.24) is 0 Å². The van der Waals surface area contributed by atoms with E-state index in [0.717, 1.165) is 0 Å². The number of hydrogen-bond acceptors (Lipinski definition) is 5. The molecule has 0 radical (unpaired) electrons. The van der Waals surface area contributed by atoms with Crippen molar-refractivity contribution < 1.29 is 18.0 Å². The summed E-state index contributed by atoms with van der Waals surface area (Å²) in [5.41, 5.74) is 1.73. The molecule has 1 aliphatic heterocycles. The van der Waals surface area contributed by atoms with E-state index in [0.29, 0.717) is 34.8 Å². The van der Waals surface area contributed by atoms with Crippen molar-refractivity contribution in [3.8, 4) is 0 Å². The number of benzene rings is 2. The van der Waals surface area contributed by atoms with E-state index in [2.05, 4.69) is 5.32 Å². The van der Waals surface area contributed by atoms with Crippen LogP contribution in [0.3, 0.4) is 0 Å². The molecule has 0 aliphatic carbocycles. The molecule has 0 atom stereocenters. The fourth-order valence-corrected chi connectivity index (χ4v) is 5.50. The highest BCUT2D eigenvalue weighted by atomic mass is 32.2. The molecule has 29 heavy (non-hydrogen) atoms. The van der Waals surface area contributed by atoms with Gasteiger partial charge in [-0.15, -0.1) is 11.3 Å². The molecule has 0 spiro atoms. The van der Waals surface area contributed by atoms with Crippen molar-refractivity contribution in [2.45, 2.75) is 6.42 Å². The zero-order valence-corrected chi connectivity index (χ0v) is 17.0. The number of ketones is 1. The Kier molecular flexibility index (Phi) is 5.21. The predicted octanol–water partition coefficient (Wildman–Crippen LogP) is 3.77. The van der Waals surface area contributed by atoms with Crippen LogP contribution < -0.4 is 9.62 Å². The summed E-state index contributed by atoms with van der Waals surface area (Å²) in [7, 11) is -3.25. The molecular weight excluding hydrogens is 408 g/mol. The molecular formula is C21H18N2O4S2. The van der Waals surface area contributed by atoms with Gasteiger partial charge >= 0.3 is 0 Å². The number of anilines is 2. The van der Waals surface area contributed by atoms with E-state index >= 15 is 0 Å². The smallest absolute Gasteiger partial charge is 0.256 e. The van der Waals surface area contributed by atoms with E-state index in [9.17, 15) is 18.0 Å². The molecule has 1 fully saturated rings. The monoisotopic (exact) mass is 426 g/mol. The predicted molar refractivity (Wildman–Crippen MR) is 114 cm³/mol. The topological polar surface area (TPSA) is 83.6 Å². The van der Waals surface area contributed by atoms with Gasteiger partial charge in [-0.2, -0.15) is 0 Å². The normalized spacial score (nSPS) is 15.2. The number of nitrogens with zero attached hydrogens (tertiary/aromatic N) is 1.